The molecule has 0 aliphatic carbocycles. The van der Waals surface area contributed by atoms with Crippen molar-refractivity contribution < 1.29 is 10.2 Å². The highest BCUT2D eigenvalue weighted by Gasteiger charge is 2.03. The summed E-state index contributed by atoms with van der Waals surface area (Å²) >= 11 is 0. The maximum atomic E-state index is 9.02. The van der Waals surface area contributed by atoms with Crippen molar-refractivity contribution in [2.24, 2.45) is 0 Å². The average molecular weight is 210 g/mol. The molecule has 4 nitrogen and oxygen atoms in total. The Morgan fingerprint density at radius 2 is 2.07 bits per heavy atom. The fourth-order valence-corrected chi connectivity index (χ4v) is 1.46. The maximum Gasteiger partial charge on any atom is 0.0853 e. The van der Waals surface area contributed by atoms with E-state index in [1.165, 1.54) is 0 Å². The van der Waals surface area contributed by atoms with Gasteiger partial charge >= 0.3 is 0 Å². The van der Waals surface area contributed by atoms with Gasteiger partial charge in [-0.1, -0.05) is 0 Å². The molecule has 0 saturated carbocycles. The fourth-order valence-electron chi connectivity index (χ4n) is 1.46. The van der Waals surface area contributed by atoms with Crippen molar-refractivity contribution in [2.45, 2.75) is 20.0 Å². The van der Waals surface area contributed by atoms with Gasteiger partial charge in [0.2, 0.25) is 0 Å². The number of hydrogen-bond donors (Lipinski definition) is 2. The lowest BCUT2D eigenvalue weighted by atomic mass is 10.2. The van der Waals surface area contributed by atoms with E-state index in [2.05, 4.69) is 4.98 Å². The van der Waals surface area contributed by atoms with Crippen LogP contribution in [0.3, 0.4) is 0 Å². The van der Waals surface area contributed by atoms with Gasteiger partial charge in [-0.25, -0.2) is 0 Å². The Morgan fingerprint density at radius 3 is 2.67 bits per heavy atom. The number of aromatic nitrogens is 1. The second kappa shape index (κ2) is 5.68. The molecule has 0 spiro atoms. The zero-order chi connectivity index (χ0) is 11.3. The normalized spacial score (nSPS) is 10.4. The van der Waals surface area contributed by atoms with Gasteiger partial charge < -0.3 is 15.1 Å². The molecule has 0 bridgehead atoms. The van der Waals surface area contributed by atoms with Gasteiger partial charge in [0.25, 0.3) is 0 Å². The summed E-state index contributed by atoms with van der Waals surface area (Å²) in [5, 5.41) is 17.8. The van der Waals surface area contributed by atoms with E-state index in [1.54, 1.807) is 0 Å². The maximum absolute atomic E-state index is 9.02. The highest BCUT2D eigenvalue weighted by atomic mass is 16.3. The zero-order valence-corrected chi connectivity index (χ0v) is 9.27. The van der Waals surface area contributed by atoms with Crippen LogP contribution in [-0.2, 0) is 6.61 Å². The number of rotatable bonds is 5. The van der Waals surface area contributed by atoms with E-state index in [-0.39, 0.29) is 13.2 Å². The molecule has 0 aromatic carbocycles. The van der Waals surface area contributed by atoms with E-state index in [0.29, 0.717) is 5.69 Å². The number of aryl methyl sites for hydroxylation is 1. The van der Waals surface area contributed by atoms with Crippen LogP contribution >= 0.6 is 0 Å². The van der Waals surface area contributed by atoms with E-state index in [4.69, 9.17) is 10.2 Å². The van der Waals surface area contributed by atoms with Gasteiger partial charge in [-0.2, -0.15) is 0 Å². The molecular weight excluding hydrogens is 192 g/mol. The monoisotopic (exact) mass is 210 g/mol. The molecule has 1 aromatic heterocycles. The molecule has 15 heavy (non-hydrogen) atoms. The van der Waals surface area contributed by atoms with E-state index >= 15 is 0 Å². The third-order valence-corrected chi connectivity index (χ3v) is 2.25. The molecule has 84 valence electrons. The molecule has 0 radical (unpaired) electrons. The summed E-state index contributed by atoms with van der Waals surface area (Å²) in [5.74, 6) is 0. The first kappa shape index (κ1) is 11.9. The molecule has 0 atom stereocenters. The number of pyridine rings is 1. The molecule has 0 amide bonds. The van der Waals surface area contributed by atoms with Crippen LogP contribution in [-0.4, -0.2) is 35.4 Å². The van der Waals surface area contributed by atoms with Crippen LogP contribution < -0.4 is 4.90 Å². The van der Waals surface area contributed by atoms with Crippen LogP contribution in [0.4, 0.5) is 5.69 Å². The Morgan fingerprint density at radius 1 is 1.33 bits per heavy atom. The molecule has 0 saturated heterocycles. The van der Waals surface area contributed by atoms with Gasteiger partial charge in [-0.3, -0.25) is 4.98 Å². The number of anilines is 1. The quantitative estimate of drug-likeness (QED) is 0.751. The first-order valence-corrected chi connectivity index (χ1v) is 5.07. The van der Waals surface area contributed by atoms with E-state index in [1.807, 2.05) is 31.0 Å². The van der Waals surface area contributed by atoms with Crippen LogP contribution in [0.2, 0.25) is 0 Å². The second-order valence-corrected chi connectivity index (χ2v) is 3.61. The van der Waals surface area contributed by atoms with Gasteiger partial charge in [0.05, 0.1) is 12.3 Å². The van der Waals surface area contributed by atoms with Crippen molar-refractivity contribution >= 4 is 5.69 Å². The van der Waals surface area contributed by atoms with Crippen LogP contribution in [0.25, 0.3) is 0 Å². The SMILES string of the molecule is Cc1cc(N(C)CCCO)cc(CO)n1. The molecule has 4 heteroatoms. The topological polar surface area (TPSA) is 56.6 Å². The zero-order valence-electron chi connectivity index (χ0n) is 9.27. The third-order valence-electron chi connectivity index (χ3n) is 2.25. The van der Waals surface area contributed by atoms with E-state index in [0.717, 1.165) is 24.3 Å². The smallest absolute Gasteiger partial charge is 0.0853 e. The summed E-state index contributed by atoms with van der Waals surface area (Å²) in [6, 6.07) is 3.83. The van der Waals surface area contributed by atoms with Gasteiger partial charge in [0.15, 0.2) is 0 Å². The van der Waals surface area contributed by atoms with E-state index in [9.17, 15) is 0 Å². The number of aliphatic hydroxyl groups excluding tert-OH is 2. The molecule has 0 unspecified atom stereocenters. The Bertz CT molecular complexity index is 315. The Balaban J connectivity index is 2.78. The minimum absolute atomic E-state index is 0.0392. The molecule has 0 aliphatic heterocycles. The standard InChI is InChI=1S/C11H18N2O2/c1-9-6-11(7-10(8-15)12-9)13(2)4-3-5-14/h6-7,14-15H,3-5,8H2,1-2H3. The van der Waals surface area contributed by atoms with Crippen LogP contribution in [0.5, 0.6) is 0 Å². The lowest BCUT2D eigenvalue weighted by molar-refractivity contribution is 0.276. The fraction of sp³-hybridized carbons (Fsp3) is 0.545. The summed E-state index contributed by atoms with van der Waals surface area (Å²) in [7, 11) is 1.96. The van der Waals surface area contributed by atoms with Gasteiger partial charge in [-0.05, 0) is 25.5 Å². The minimum Gasteiger partial charge on any atom is -0.396 e. The first-order valence-electron chi connectivity index (χ1n) is 5.07. The third kappa shape index (κ3) is 3.49. The van der Waals surface area contributed by atoms with Crippen LogP contribution in [0.1, 0.15) is 17.8 Å². The summed E-state index contributed by atoms with van der Waals surface area (Å²) in [6.45, 7) is 2.86. The highest BCUT2D eigenvalue weighted by molar-refractivity contribution is 5.47. The molecule has 2 N–H and O–H groups in total. The van der Waals surface area contributed by atoms with Crippen molar-refractivity contribution in [3.8, 4) is 0 Å². The van der Waals surface area contributed by atoms with E-state index < -0.39 is 0 Å². The van der Waals surface area contributed by atoms with Crippen molar-refractivity contribution in [1.82, 2.24) is 4.98 Å². The molecule has 0 fully saturated rings. The molecular formula is C11H18N2O2. The van der Waals surface area contributed by atoms with Gasteiger partial charge in [-0.15, -0.1) is 0 Å². The number of hydrogen-bond acceptors (Lipinski definition) is 4. The highest BCUT2D eigenvalue weighted by Crippen LogP contribution is 2.15. The molecule has 0 aliphatic rings. The second-order valence-electron chi connectivity index (χ2n) is 3.61. The lowest BCUT2D eigenvalue weighted by Crippen LogP contribution is -2.19. The largest absolute Gasteiger partial charge is 0.396 e. The Kier molecular flexibility index (Phi) is 4.52. The number of nitrogens with zero attached hydrogens (tertiary/aromatic N) is 2. The molecule has 1 rings (SSSR count). The average Bonchev–Trinajstić information content (AvgIpc) is 2.24. The van der Waals surface area contributed by atoms with Crippen molar-refractivity contribution in [2.75, 3.05) is 25.1 Å². The Labute approximate surface area is 90.2 Å². The first-order chi connectivity index (χ1) is 7.17. The summed E-state index contributed by atoms with van der Waals surface area (Å²) in [5.41, 5.74) is 2.60. The van der Waals surface area contributed by atoms with Crippen molar-refractivity contribution in [1.29, 1.82) is 0 Å². The van der Waals surface area contributed by atoms with Gasteiger partial charge in [0, 0.05) is 31.6 Å². The molecule has 1 heterocycles. The minimum atomic E-state index is -0.0392. The predicted molar refractivity (Wildman–Crippen MR) is 59.9 cm³/mol. The number of aliphatic hydroxyl groups is 2. The lowest BCUT2D eigenvalue weighted by Gasteiger charge is -2.19. The summed E-state index contributed by atoms with van der Waals surface area (Å²) < 4.78 is 0. The summed E-state index contributed by atoms with van der Waals surface area (Å²) in [6.07, 6.45) is 0.742. The van der Waals surface area contributed by atoms with Crippen LogP contribution in [0, 0.1) is 6.92 Å². The summed E-state index contributed by atoms with van der Waals surface area (Å²) in [4.78, 5) is 6.23. The van der Waals surface area contributed by atoms with Crippen molar-refractivity contribution in [3.05, 3.63) is 23.5 Å². The molecule has 1 aromatic rings. The Hall–Kier alpha value is -1.13. The van der Waals surface area contributed by atoms with Gasteiger partial charge in [0.1, 0.15) is 0 Å². The van der Waals surface area contributed by atoms with Crippen molar-refractivity contribution in [3.63, 3.8) is 0 Å². The predicted octanol–water partition coefficient (Wildman–Crippen LogP) is 0.701. The van der Waals surface area contributed by atoms with Crippen LogP contribution in [0.15, 0.2) is 12.1 Å².